The third-order valence-electron chi connectivity index (χ3n) is 4.80. The van der Waals surface area contributed by atoms with Crippen molar-refractivity contribution in [2.24, 2.45) is 0 Å². The highest BCUT2D eigenvalue weighted by Crippen LogP contribution is 2.35. The summed E-state index contributed by atoms with van der Waals surface area (Å²) in [5, 5.41) is 7.14. The summed E-state index contributed by atoms with van der Waals surface area (Å²) in [6.07, 6.45) is -1.38. The Morgan fingerprint density at radius 1 is 1.14 bits per heavy atom. The normalized spacial score (nSPS) is 16.1. The quantitative estimate of drug-likeness (QED) is 0.666. The lowest BCUT2D eigenvalue weighted by Crippen LogP contribution is -2.23. The van der Waals surface area contributed by atoms with E-state index in [1.165, 1.54) is 23.9 Å². The van der Waals surface area contributed by atoms with Gasteiger partial charge in [-0.1, -0.05) is 41.9 Å². The monoisotopic (exact) mass is 405 g/mol. The minimum Gasteiger partial charge on any atom is -0.376 e. The van der Waals surface area contributed by atoms with E-state index in [-0.39, 0.29) is 16.8 Å². The topological polar surface area (TPSA) is 46.9 Å². The Bertz CT molecular complexity index is 1090. The average Bonchev–Trinajstić information content (AvgIpc) is 3.08. The fourth-order valence-electron chi connectivity index (χ4n) is 3.43. The average molecular weight is 406 g/mol. The highest BCUT2D eigenvalue weighted by atomic mass is 35.5. The number of hydrogen-bond donors (Lipinski definition) is 1. The van der Waals surface area contributed by atoms with Gasteiger partial charge in [-0.25, -0.2) is 0 Å². The van der Waals surface area contributed by atoms with E-state index in [9.17, 15) is 18.0 Å². The lowest BCUT2D eigenvalue weighted by molar-refractivity contribution is -0.137. The molecule has 4 nitrogen and oxygen atoms in total. The van der Waals surface area contributed by atoms with Gasteiger partial charge in [0.25, 0.3) is 5.56 Å². The summed E-state index contributed by atoms with van der Waals surface area (Å²) in [6, 6.07) is 12.4. The first-order valence-electron chi connectivity index (χ1n) is 8.64. The van der Waals surface area contributed by atoms with Crippen molar-refractivity contribution in [1.29, 1.82) is 0 Å². The third-order valence-corrected chi connectivity index (χ3v) is 5.16. The predicted molar refractivity (Wildman–Crippen MR) is 101 cm³/mol. The van der Waals surface area contributed by atoms with Crippen LogP contribution in [0.3, 0.4) is 0 Å². The van der Waals surface area contributed by atoms with Crippen molar-refractivity contribution >= 4 is 17.3 Å². The van der Waals surface area contributed by atoms with E-state index in [0.29, 0.717) is 5.69 Å². The Morgan fingerprint density at radius 3 is 2.71 bits per heavy atom. The van der Waals surface area contributed by atoms with Crippen LogP contribution in [0.1, 0.15) is 29.2 Å². The van der Waals surface area contributed by atoms with Crippen LogP contribution in [-0.4, -0.2) is 9.78 Å². The number of fused-ring (bicyclic) bond motifs is 1. The maximum atomic E-state index is 12.9. The molecule has 0 bridgehead atoms. The number of nitrogens with zero attached hydrogens (tertiary/aromatic N) is 2. The molecule has 1 atom stereocenters. The van der Waals surface area contributed by atoms with Crippen LogP contribution in [-0.2, 0) is 12.6 Å². The lowest BCUT2D eigenvalue weighted by Gasteiger charge is -2.17. The molecule has 4 rings (SSSR count). The summed E-state index contributed by atoms with van der Waals surface area (Å²) in [6.45, 7) is 0. The zero-order chi connectivity index (χ0) is 19.9. The molecule has 0 aliphatic heterocycles. The molecule has 1 aliphatic carbocycles. The van der Waals surface area contributed by atoms with Gasteiger partial charge in [0.2, 0.25) is 0 Å². The molecule has 144 valence electrons. The Hall–Kier alpha value is -2.80. The summed E-state index contributed by atoms with van der Waals surface area (Å²) in [4.78, 5) is 12.6. The molecule has 0 fully saturated rings. The zero-order valence-electron chi connectivity index (χ0n) is 14.5. The van der Waals surface area contributed by atoms with Gasteiger partial charge in [0.15, 0.2) is 0 Å². The second-order valence-corrected chi connectivity index (χ2v) is 6.95. The van der Waals surface area contributed by atoms with E-state index in [2.05, 4.69) is 16.5 Å². The molecular weight excluding hydrogens is 391 g/mol. The number of halogens is 4. The fourth-order valence-corrected chi connectivity index (χ4v) is 3.61. The van der Waals surface area contributed by atoms with Crippen LogP contribution in [0.5, 0.6) is 0 Å². The third kappa shape index (κ3) is 3.38. The summed E-state index contributed by atoms with van der Waals surface area (Å²) in [5.74, 6) is 0. The molecule has 2 aromatic carbocycles. The number of hydrogen-bond acceptors (Lipinski definition) is 3. The molecule has 0 radical (unpaired) electrons. The molecule has 1 aliphatic rings. The van der Waals surface area contributed by atoms with E-state index in [0.717, 1.165) is 35.2 Å². The largest absolute Gasteiger partial charge is 0.416 e. The van der Waals surface area contributed by atoms with Crippen molar-refractivity contribution in [2.45, 2.75) is 25.1 Å². The number of nitrogens with one attached hydrogen (secondary N) is 1. The SMILES string of the molecule is O=c1c(Cl)c(N[C@H]2CCc3ccccc32)cnn1-c1cccc(C(F)(F)F)c1. The first kappa shape index (κ1) is 18.6. The highest BCUT2D eigenvalue weighted by molar-refractivity contribution is 6.33. The Labute approximate surface area is 163 Å². The van der Waals surface area contributed by atoms with Crippen molar-refractivity contribution in [3.63, 3.8) is 0 Å². The smallest absolute Gasteiger partial charge is 0.376 e. The Balaban J connectivity index is 1.66. The molecule has 0 saturated carbocycles. The van der Waals surface area contributed by atoms with Gasteiger partial charge in [-0.15, -0.1) is 0 Å². The first-order valence-corrected chi connectivity index (χ1v) is 9.02. The van der Waals surface area contributed by atoms with Crippen molar-refractivity contribution in [3.8, 4) is 5.69 Å². The molecule has 0 saturated heterocycles. The molecule has 28 heavy (non-hydrogen) atoms. The molecular formula is C20H15ClF3N3O. The van der Waals surface area contributed by atoms with Gasteiger partial charge in [0, 0.05) is 0 Å². The minimum atomic E-state index is -4.51. The molecule has 3 aromatic rings. The molecule has 1 heterocycles. The van der Waals surface area contributed by atoms with E-state index in [4.69, 9.17) is 11.6 Å². The van der Waals surface area contributed by atoms with Crippen LogP contribution in [0, 0.1) is 0 Å². The standard InChI is InChI=1S/C20H15ClF3N3O/c21-18-17(26-16-9-8-12-4-1-2-7-15(12)16)11-25-27(19(18)28)14-6-3-5-13(10-14)20(22,23)24/h1-7,10-11,16,26H,8-9H2/t16-/m0/s1. The highest BCUT2D eigenvalue weighted by Gasteiger charge is 2.31. The number of aromatic nitrogens is 2. The number of benzene rings is 2. The predicted octanol–water partition coefficient (Wildman–Crippen LogP) is 5.00. The van der Waals surface area contributed by atoms with Crippen molar-refractivity contribution in [1.82, 2.24) is 9.78 Å². The Kier molecular flexibility index (Phi) is 4.63. The number of alkyl halides is 3. The molecule has 0 unspecified atom stereocenters. The molecule has 0 spiro atoms. The number of aryl methyl sites for hydroxylation is 1. The van der Waals surface area contributed by atoms with Gasteiger partial charge in [0.05, 0.1) is 29.2 Å². The van der Waals surface area contributed by atoms with Gasteiger partial charge in [-0.3, -0.25) is 4.79 Å². The van der Waals surface area contributed by atoms with Crippen LogP contribution in [0.25, 0.3) is 5.69 Å². The van der Waals surface area contributed by atoms with Crippen molar-refractivity contribution in [3.05, 3.63) is 86.8 Å². The van der Waals surface area contributed by atoms with Crippen molar-refractivity contribution < 1.29 is 13.2 Å². The van der Waals surface area contributed by atoms with Crippen LogP contribution in [0.15, 0.2) is 59.5 Å². The van der Waals surface area contributed by atoms with Gasteiger partial charge in [-0.2, -0.15) is 23.0 Å². The summed E-state index contributed by atoms with van der Waals surface area (Å²) < 4.78 is 39.7. The molecule has 1 N–H and O–H groups in total. The van der Waals surface area contributed by atoms with Crippen LogP contribution in [0.2, 0.25) is 5.02 Å². The van der Waals surface area contributed by atoms with E-state index in [1.807, 2.05) is 18.2 Å². The van der Waals surface area contributed by atoms with E-state index < -0.39 is 17.3 Å². The maximum absolute atomic E-state index is 12.9. The maximum Gasteiger partial charge on any atom is 0.416 e. The van der Waals surface area contributed by atoms with Crippen LogP contribution >= 0.6 is 11.6 Å². The van der Waals surface area contributed by atoms with E-state index >= 15 is 0 Å². The van der Waals surface area contributed by atoms with Crippen molar-refractivity contribution in [2.75, 3.05) is 5.32 Å². The first-order chi connectivity index (χ1) is 13.3. The molecule has 0 amide bonds. The van der Waals surface area contributed by atoms with Gasteiger partial charge < -0.3 is 5.32 Å². The molecule has 8 heteroatoms. The second-order valence-electron chi connectivity index (χ2n) is 6.57. The summed E-state index contributed by atoms with van der Waals surface area (Å²) >= 11 is 6.23. The number of anilines is 1. The van der Waals surface area contributed by atoms with E-state index in [1.54, 1.807) is 0 Å². The molecule has 1 aromatic heterocycles. The van der Waals surface area contributed by atoms with Gasteiger partial charge >= 0.3 is 6.18 Å². The zero-order valence-corrected chi connectivity index (χ0v) is 15.3. The fraction of sp³-hybridized carbons (Fsp3) is 0.200. The minimum absolute atomic E-state index is 0.000475. The lowest BCUT2D eigenvalue weighted by atomic mass is 10.1. The number of rotatable bonds is 3. The summed E-state index contributed by atoms with van der Waals surface area (Å²) in [5.41, 5.74) is 1.19. The van der Waals surface area contributed by atoms with Gasteiger partial charge in [-0.05, 0) is 42.2 Å². The second kappa shape index (κ2) is 6.98. The van der Waals surface area contributed by atoms with Crippen LogP contribution < -0.4 is 10.9 Å². The van der Waals surface area contributed by atoms with Crippen LogP contribution in [0.4, 0.5) is 18.9 Å². The van der Waals surface area contributed by atoms with Gasteiger partial charge in [0.1, 0.15) is 5.02 Å². The summed E-state index contributed by atoms with van der Waals surface area (Å²) in [7, 11) is 0. The Morgan fingerprint density at radius 2 is 1.93 bits per heavy atom.